The molecular weight excluding hydrogens is 278 g/mol. The smallest absolute Gasteiger partial charge is 0.106 e. The Bertz CT molecular complexity index is 807. The van der Waals surface area contributed by atoms with Gasteiger partial charge in [0.05, 0.1) is 21.6 Å². The fourth-order valence-corrected chi connectivity index (χ4v) is 3.80. The molecule has 1 aliphatic carbocycles. The molecule has 1 aromatic heterocycles. The lowest BCUT2D eigenvalue weighted by Gasteiger charge is -2.20. The van der Waals surface area contributed by atoms with E-state index in [9.17, 15) is 0 Å². The lowest BCUT2D eigenvalue weighted by Crippen LogP contribution is -2.07. The Kier molecular flexibility index (Phi) is 3.04. The maximum absolute atomic E-state index is 6.27. The van der Waals surface area contributed by atoms with E-state index in [-0.39, 0.29) is 0 Å². The van der Waals surface area contributed by atoms with Gasteiger partial charge in [-0.25, -0.2) is 4.98 Å². The Morgan fingerprint density at radius 3 is 2.90 bits per heavy atom. The van der Waals surface area contributed by atoms with Crippen LogP contribution in [0.1, 0.15) is 24.0 Å². The molecule has 0 fully saturated rings. The lowest BCUT2D eigenvalue weighted by molar-refractivity contribution is 0.687. The Hall–Kier alpha value is -2.07. The Labute approximate surface area is 127 Å². The number of nitrogens with one attached hydrogen (secondary N) is 1. The number of nitrogens with two attached hydrogens (primary N) is 1. The number of aromatic nitrogens is 1. The van der Waals surface area contributed by atoms with Gasteiger partial charge in [-0.1, -0.05) is 12.1 Å². The first-order valence-corrected chi connectivity index (χ1v) is 8.20. The predicted octanol–water partition coefficient (Wildman–Crippen LogP) is 4.50. The Morgan fingerprint density at radius 2 is 1.95 bits per heavy atom. The van der Waals surface area contributed by atoms with Gasteiger partial charge < -0.3 is 11.1 Å². The molecule has 0 spiro atoms. The van der Waals surface area contributed by atoms with E-state index in [2.05, 4.69) is 40.6 Å². The molecule has 4 heteroatoms. The SMILES string of the molecule is Nc1c(Nc2cccc3c2CCCC3)ccc2scnc12. The molecule has 1 heterocycles. The van der Waals surface area contributed by atoms with Crippen LogP contribution < -0.4 is 11.1 Å². The maximum Gasteiger partial charge on any atom is 0.106 e. The van der Waals surface area contributed by atoms with Crippen molar-refractivity contribution in [2.45, 2.75) is 25.7 Å². The van der Waals surface area contributed by atoms with Crippen LogP contribution in [0.3, 0.4) is 0 Å². The van der Waals surface area contributed by atoms with Crippen molar-refractivity contribution in [3.63, 3.8) is 0 Å². The summed E-state index contributed by atoms with van der Waals surface area (Å²) in [5.41, 5.74) is 14.8. The highest BCUT2D eigenvalue weighted by atomic mass is 32.1. The Morgan fingerprint density at radius 1 is 1.05 bits per heavy atom. The number of nitrogens with zero attached hydrogens (tertiary/aromatic N) is 1. The minimum atomic E-state index is 0.738. The molecule has 3 nitrogen and oxygen atoms in total. The Balaban J connectivity index is 1.76. The largest absolute Gasteiger partial charge is 0.395 e. The third kappa shape index (κ3) is 2.16. The summed E-state index contributed by atoms with van der Waals surface area (Å²) in [4.78, 5) is 4.36. The summed E-state index contributed by atoms with van der Waals surface area (Å²) in [6, 6.07) is 10.7. The first kappa shape index (κ1) is 12.7. The topological polar surface area (TPSA) is 50.9 Å². The number of rotatable bonds is 2. The van der Waals surface area contributed by atoms with Crippen LogP contribution in [0, 0.1) is 0 Å². The highest BCUT2D eigenvalue weighted by Gasteiger charge is 2.14. The molecule has 3 aromatic rings. The summed E-state index contributed by atoms with van der Waals surface area (Å²) < 4.78 is 1.13. The standard InChI is InChI=1S/C17H17N3S/c18-16-14(8-9-15-17(16)19-10-21-15)20-13-7-3-5-11-4-1-2-6-12(11)13/h3,5,7-10,20H,1-2,4,6,18H2. The summed E-state index contributed by atoms with van der Waals surface area (Å²) in [7, 11) is 0. The molecule has 0 bridgehead atoms. The molecular formula is C17H17N3S. The van der Waals surface area contributed by atoms with Crippen LogP contribution in [0.25, 0.3) is 10.2 Å². The van der Waals surface area contributed by atoms with Crippen LogP contribution >= 0.6 is 11.3 Å². The number of thiazole rings is 1. The second-order valence-electron chi connectivity index (χ2n) is 5.50. The zero-order valence-corrected chi connectivity index (χ0v) is 12.5. The minimum Gasteiger partial charge on any atom is -0.395 e. The molecule has 0 atom stereocenters. The normalized spacial score (nSPS) is 14.1. The highest BCUT2D eigenvalue weighted by Crippen LogP contribution is 2.35. The van der Waals surface area contributed by atoms with Gasteiger partial charge in [0.1, 0.15) is 5.52 Å². The molecule has 0 saturated heterocycles. The van der Waals surface area contributed by atoms with Crippen LogP contribution in [0.5, 0.6) is 0 Å². The number of aryl methyl sites for hydroxylation is 1. The second-order valence-corrected chi connectivity index (χ2v) is 6.39. The van der Waals surface area contributed by atoms with Gasteiger partial charge in [-0.15, -0.1) is 11.3 Å². The van der Waals surface area contributed by atoms with E-state index in [1.54, 1.807) is 11.3 Å². The second kappa shape index (κ2) is 5.04. The molecule has 0 radical (unpaired) electrons. The van der Waals surface area contributed by atoms with Gasteiger partial charge in [-0.3, -0.25) is 0 Å². The maximum atomic E-state index is 6.27. The fraction of sp³-hybridized carbons (Fsp3) is 0.235. The van der Waals surface area contributed by atoms with Crippen molar-refractivity contribution in [2.75, 3.05) is 11.1 Å². The molecule has 0 unspecified atom stereocenters. The van der Waals surface area contributed by atoms with Crippen molar-refractivity contribution in [2.24, 2.45) is 0 Å². The van der Waals surface area contributed by atoms with E-state index in [0.29, 0.717) is 0 Å². The minimum absolute atomic E-state index is 0.738. The van der Waals surface area contributed by atoms with Crippen LogP contribution in [0.4, 0.5) is 17.1 Å². The fourth-order valence-electron chi connectivity index (χ4n) is 3.10. The van der Waals surface area contributed by atoms with E-state index >= 15 is 0 Å². The van der Waals surface area contributed by atoms with Gasteiger partial charge >= 0.3 is 0 Å². The third-order valence-corrected chi connectivity index (χ3v) is 5.00. The number of nitrogen functional groups attached to an aromatic ring is 1. The molecule has 2 aromatic carbocycles. The number of hydrogen-bond donors (Lipinski definition) is 2. The van der Waals surface area contributed by atoms with Gasteiger partial charge in [-0.05, 0) is 55.0 Å². The first-order chi connectivity index (χ1) is 10.3. The van der Waals surface area contributed by atoms with Crippen molar-refractivity contribution in [1.82, 2.24) is 4.98 Å². The van der Waals surface area contributed by atoms with E-state index in [4.69, 9.17) is 5.73 Å². The van der Waals surface area contributed by atoms with E-state index in [1.807, 2.05) is 5.51 Å². The van der Waals surface area contributed by atoms with Crippen LogP contribution in [0.15, 0.2) is 35.8 Å². The first-order valence-electron chi connectivity index (χ1n) is 7.32. The van der Waals surface area contributed by atoms with Gasteiger partial charge in [0, 0.05) is 5.69 Å². The lowest BCUT2D eigenvalue weighted by atomic mass is 9.90. The molecule has 21 heavy (non-hydrogen) atoms. The van der Waals surface area contributed by atoms with Crippen molar-refractivity contribution < 1.29 is 0 Å². The summed E-state index contributed by atoms with van der Waals surface area (Å²) >= 11 is 1.62. The molecule has 106 valence electrons. The summed E-state index contributed by atoms with van der Waals surface area (Å²) in [6.45, 7) is 0. The summed E-state index contributed by atoms with van der Waals surface area (Å²) in [5, 5.41) is 3.52. The van der Waals surface area contributed by atoms with Gasteiger partial charge in [-0.2, -0.15) is 0 Å². The van der Waals surface area contributed by atoms with Crippen molar-refractivity contribution in [3.05, 3.63) is 47.0 Å². The highest BCUT2D eigenvalue weighted by molar-refractivity contribution is 7.16. The van der Waals surface area contributed by atoms with E-state index in [0.717, 1.165) is 28.0 Å². The van der Waals surface area contributed by atoms with Gasteiger partial charge in [0.2, 0.25) is 0 Å². The van der Waals surface area contributed by atoms with Crippen LogP contribution in [0.2, 0.25) is 0 Å². The van der Waals surface area contributed by atoms with Gasteiger partial charge in [0.25, 0.3) is 0 Å². The molecule has 0 amide bonds. The predicted molar refractivity (Wildman–Crippen MR) is 90.4 cm³/mol. The number of benzene rings is 2. The average Bonchev–Trinajstić information content (AvgIpc) is 3.00. The number of anilines is 3. The quantitative estimate of drug-likeness (QED) is 0.684. The van der Waals surface area contributed by atoms with E-state index in [1.165, 1.54) is 36.1 Å². The zero-order valence-electron chi connectivity index (χ0n) is 11.7. The molecule has 0 aliphatic heterocycles. The summed E-state index contributed by atoms with van der Waals surface area (Å²) in [6.07, 6.45) is 4.90. The van der Waals surface area contributed by atoms with E-state index < -0.39 is 0 Å². The zero-order chi connectivity index (χ0) is 14.2. The van der Waals surface area contributed by atoms with Crippen molar-refractivity contribution in [3.8, 4) is 0 Å². The number of fused-ring (bicyclic) bond motifs is 2. The number of hydrogen-bond acceptors (Lipinski definition) is 4. The monoisotopic (exact) mass is 295 g/mol. The van der Waals surface area contributed by atoms with Gasteiger partial charge in [0.15, 0.2) is 0 Å². The van der Waals surface area contributed by atoms with Crippen LogP contribution in [-0.2, 0) is 12.8 Å². The van der Waals surface area contributed by atoms with Crippen molar-refractivity contribution in [1.29, 1.82) is 0 Å². The van der Waals surface area contributed by atoms with Crippen LogP contribution in [-0.4, -0.2) is 4.98 Å². The molecule has 0 saturated carbocycles. The summed E-state index contributed by atoms with van der Waals surface area (Å²) in [5.74, 6) is 0. The molecule has 4 rings (SSSR count). The third-order valence-electron chi connectivity index (χ3n) is 4.21. The molecule has 3 N–H and O–H groups in total. The molecule has 1 aliphatic rings. The average molecular weight is 295 g/mol. The van der Waals surface area contributed by atoms with Crippen molar-refractivity contribution >= 4 is 38.6 Å².